The zero-order valence-electron chi connectivity index (χ0n) is 38.7. The van der Waals surface area contributed by atoms with Crippen LogP contribution >= 0.6 is 0 Å². The monoisotopic (exact) mass is 932 g/mol. The number of carbonyl (C=O) groups is 9. The van der Waals surface area contributed by atoms with E-state index in [2.05, 4.69) is 16.0 Å². The van der Waals surface area contributed by atoms with Crippen molar-refractivity contribution in [2.24, 2.45) is 0 Å². The number of imide groups is 1. The Kier molecular flexibility index (Phi) is 21.7. The lowest BCUT2D eigenvalue weighted by molar-refractivity contribution is -0.190. The largest absolute Gasteiger partial charge is 0.480 e. The van der Waals surface area contributed by atoms with Gasteiger partial charge in [-0.15, -0.1) is 0 Å². The van der Waals surface area contributed by atoms with Gasteiger partial charge in [0, 0.05) is 50.8 Å². The maximum absolute atomic E-state index is 14.2. The molecule has 0 saturated carbocycles. The van der Waals surface area contributed by atoms with Crippen LogP contribution in [0.3, 0.4) is 0 Å². The Labute approximate surface area is 390 Å². The molecule has 1 fully saturated rings. The highest BCUT2D eigenvalue weighted by Gasteiger charge is 2.35. The molecule has 2 heterocycles. The molecule has 2 aliphatic heterocycles. The van der Waals surface area contributed by atoms with Crippen LogP contribution in [-0.4, -0.2) is 194 Å². The summed E-state index contributed by atoms with van der Waals surface area (Å²) in [6, 6.07) is 15.2. The lowest BCUT2D eigenvalue weighted by atomic mass is 9.84. The van der Waals surface area contributed by atoms with E-state index in [1.807, 2.05) is 23.6 Å². The smallest absolute Gasteiger partial charge is 0.326 e. The van der Waals surface area contributed by atoms with Gasteiger partial charge in [0.05, 0.1) is 39.1 Å². The van der Waals surface area contributed by atoms with E-state index in [4.69, 9.17) is 9.47 Å². The van der Waals surface area contributed by atoms with E-state index in [1.54, 1.807) is 84.6 Å². The standard InChI is InChI=1S/C47H64N8O12/c1-5-51(3)31-41(61)66-43-27-35(56)29-52(4)23-24-54(32-42(62)67-43)26-25-53(6-2)30-38(58)48-28-37(57)50-45(44(33-15-9-7-10-16-33)34-17-11-8-12-18-34)46(63)49-36(47(64)65)19-13-14-22-55-39(59)20-21-40(55)60/h7-12,15-18,20-21,36,43-45H,5-6,13-14,19,22-32H2,1-4H3,(H,48,58)(H,49,63)(H,50,57)(H,64,65)/t36-,43?,45-/m0/s1. The number of carboxylic acid groups (broad SMARTS) is 1. The molecule has 0 radical (unpaired) electrons. The fourth-order valence-corrected chi connectivity index (χ4v) is 7.48. The second-order valence-corrected chi connectivity index (χ2v) is 16.5. The Balaban J connectivity index is 1.39. The van der Waals surface area contributed by atoms with Crippen molar-refractivity contribution in [1.29, 1.82) is 0 Å². The Bertz CT molecular complexity index is 2000. The fraction of sp³-hybridized carbons (Fsp3) is 0.511. The van der Waals surface area contributed by atoms with Crippen LogP contribution in [0.2, 0.25) is 0 Å². The van der Waals surface area contributed by atoms with Gasteiger partial charge < -0.3 is 30.5 Å². The first kappa shape index (κ1) is 53.3. The number of ether oxygens (including phenoxy) is 2. The number of benzene rings is 2. The van der Waals surface area contributed by atoms with Gasteiger partial charge in [-0.05, 0) is 57.6 Å². The van der Waals surface area contributed by atoms with E-state index < -0.39 is 78.3 Å². The van der Waals surface area contributed by atoms with E-state index in [0.717, 1.165) is 4.90 Å². The summed E-state index contributed by atoms with van der Waals surface area (Å²) in [5.41, 5.74) is 1.32. The van der Waals surface area contributed by atoms with E-state index in [1.165, 1.54) is 12.2 Å². The number of rotatable bonds is 24. The molecule has 2 aliphatic rings. The topological polar surface area (TPSA) is 245 Å². The molecule has 2 aromatic carbocycles. The average Bonchev–Trinajstić information content (AvgIpc) is 3.61. The minimum absolute atomic E-state index is 0.0222. The van der Waals surface area contributed by atoms with Crippen LogP contribution in [0.1, 0.15) is 56.6 Å². The van der Waals surface area contributed by atoms with Crippen molar-refractivity contribution in [3.63, 3.8) is 0 Å². The highest BCUT2D eigenvalue weighted by molar-refractivity contribution is 6.12. The maximum atomic E-state index is 14.2. The zero-order valence-corrected chi connectivity index (χ0v) is 38.7. The number of carbonyl (C=O) groups excluding carboxylic acids is 8. The molecule has 2 aromatic rings. The highest BCUT2D eigenvalue weighted by Crippen LogP contribution is 2.29. The number of ketones is 1. The van der Waals surface area contributed by atoms with Crippen LogP contribution in [0.5, 0.6) is 0 Å². The first-order valence-electron chi connectivity index (χ1n) is 22.5. The average molecular weight is 933 g/mol. The summed E-state index contributed by atoms with van der Waals surface area (Å²) >= 11 is 0. The van der Waals surface area contributed by atoms with Gasteiger partial charge in [0.1, 0.15) is 12.1 Å². The quantitative estimate of drug-likeness (QED) is 0.0614. The van der Waals surface area contributed by atoms with E-state index in [-0.39, 0.29) is 57.8 Å². The van der Waals surface area contributed by atoms with Gasteiger partial charge in [0.15, 0.2) is 5.78 Å². The van der Waals surface area contributed by atoms with E-state index in [9.17, 15) is 48.3 Å². The lowest BCUT2D eigenvalue weighted by Crippen LogP contribution is -2.55. The normalized spacial score (nSPS) is 17.2. The Morgan fingerprint density at radius 1 is 0.821 bits per heavy atom. The third-order valence-corrected chi connectivity index (χ3v) is 11.3. The van der Waals surface area contributed by atoms with Crippen LogP contribution in [0.4, 0.5) is 0 Å². The van der Waals surface area contributed by atoms with Gasteiger partial charge in [0.25, 0.3) is 18.1 Å². The Hall–Kier alpha value is -6.35. The van der Waals surface area contributed by atoms with Gasteiger partial charge in [0.2, 0.25) is 17.7 Å². The second-order valence-electron chi connectivity index (χ2n) is 16.5. The molecule has 0 aromatic heterocycles. The molecule has 4 N–H and O–H groups in total. The van der Waals surface area contributed by atoms with Crippen LogP contribution in [-0.2, 0) is 52.6 Å². The number of hydrogen-bond donors (Lipinski definition) is 4. The summed E-state index contributed by atoms with van der Waals surface area (Å²) in [7, 11) is 3.50. The van der Waals surface area contributed by atoms with Gasteiger partial charge in [-0.25, -0.2) is 4.79 Å². The predicted octanol–water partition coefficient (Wildman–Crippen LogP) is -0.0231. The molecule has 0 spiro atoms. The second kappa shape index (κ2) is 27.3. The molecule has 0 aliphatic carbocycles. The number of carboxylic acids is 1. The zero-order chi connectivity index (χ0) is 48.9. The lowest BCUT2D eigenvalue weighted by Gasteiger charge is -2.29. The summed E-state index contributed by atoms with van der Waals surface area (Å²) in [5.74, 6) is -6.52. The van der Waals surface area contributed by atoms with E-state index >= 15 is 0 Å². The number of cyclic esters (lactones) is 1. The minimum atomic E-state index is -1.37. The van der Waals surface area contributed by atoms with Crippen molar-refractivity contribution in [1.82, 2.24) is 40.4 Å². The minimum Gasteiger partial charge on any atom is -0.480 e. The number of Topliss-reactive ketones (excluding diaryl/α,β-unsaturated/α-hetero) is 1. The first-order chi connectivity index (χ1) is 32.1. The Morgan fingerprint density at radius 2 is 1.46 bits per heavy atom. The van der Waals surface area contributed by atoms with Crippen molar-refractivity contribution < 1.29 is 57.7 Å². The highest BCUT2D eigenvalue weighted by atomic mass is 16.7. The maximum Gasteiger partial charge on any atom is 0.326 e. The number of amides is 5. The predicted molar refractivity (Wildman–Crippen MR) is 244 cm³/mol. The number of nitrogens with one attached hydrogen (secondary N) is 3. The van der Waals surface area contributed by atoms with Crippen molar-refractivity contribution in [2.45, 2.75) is 63.8 Å². The van der Waals surface area contributed by atoms with Gasteiger partial charge in [-0.3, -0.25) is 62.9 Å². The number of likely N-dealkylation sites (N-methyl/N-ethyl adjacent to an activating group) is 3. The van der Waals surface area contributed by atoms with Crippen molar-refractivity contribution >= 4 is 53.2 Å². The number of hydrogen-bond acceptors (Lipinski definition) is 15. The molecule has 67 heavy (non-hydrogen) atoms. The molecule has 1 unspecified atom stereocenters. The molecule has 3 atom stereocenters. The molecule has 4 rings (SSSR count). The molecular formula is C47H64N8O12. The summed E-state index contributed by atoms with van der Waals surface area (Å²) < 4.78 is 10.8. The van der Waals surface area contributed by atoms with Crippen LogP contribution in [0.25, 0.3) is 0 Å². The number of unbranched alkanes of at least 4 members (excludes halogenated alkanes) is 1. The van der Waals surface area contributed by atoms with Gasteiger partial charge in [-0.2, -0.15) is 0 Å². The van der Waals surface area contributed by atoms with E-state index in [0.29, 0.717) is 56.8 Å². The molecule has 20 nitrogen and oxygen atoms in total. The molecule has 20 heteroatoms. The molecule has 0 bridgehead atoms. The third kappa shape index (κ3) is 18.1. The first-order valence-corrected chi connectivity index (χ1v) is 22.5. The summed E-state index contributed by atoms with van der Waals surface area (Å²) in [6.45, 7) is 5.57. The fourth-order valence-electron chi connectivity index (χ4n) is 7.48. The van der Waals surface area contributed by atoms with Crippen LogP contribution in [0.15, 0.2) is 72.8 Å². The summed E-state index contributed by atoms with van der Waals surface area (Å²) in [4.78, 5) is 124. The van der Waals surface area contributed by atoms with Crippen molar-refractivity contribution in [3.8, 4) is 0 Å². The molecular weight excluding hydrogens is 869 g/mol. The number of nitrogens with zero attached hydrogens (tertiary/aromatic N) is 5. The van der Waals surface area contributed by atoms with Crippen LogP contribution in [0, 0.1) is 0 Å². The van der Waals surface area contributed by atoms with Crippen molar-refractivity contribution in [3.05, 3.63) is 83.9 Å². The Morgan fingerprint density at radius 3 is 2.06 bits per heavy atom. The SMILES string of the molecule is CCN(C)CC(=O)OC1CC(=O)CN(C)CCN(CCN(CC)CC(=O)NCC(=O)N[C@H](C(=O)N[C@@H](CCCCN2C(=O)C=CC2=O)C(=O)O)C(c2ccccc2)c2ccccc2)CC(=O)O1. The van der Waals surface area contributed by atoms with Gasteiger partial charge >= 0.3 is 17.9 Å². The molecule has 1 saturated heterocycles. The van der Waals surface area contributed by atoms with Gasteiger partial charge in [-0.1, -0.05) is 74.5 Å². The summed E-state index contributed by atoms with van der Waals surface area (Å²) in [6.07, 6.45) is 1.23. The number of esters is 2. The number of aliphatic carboxylic acids is 1. The third-order valence-electron chi connectivity index (χ3n) is 11.3. The van der Waals surface area contributed by atoms with Crippen molar-refractivity contribution in [2.75, 3.05) is 92.6 Å². The molecule has 5 amide bonds. The van der Waals surface area contributed by atoms with Crippen LogP contribution < -0.4 is 16.0 Å². The molecule has 364 valence electrons. The summed E-state index contributed by atoms with van der Waals surface area (Å²) in [5, 5.41) is 18.1.